The predicted octanol–water partition coefficient (Wildman–Crippen LogP) is 2.89. The van der Waals surface area contributed by atoms with Crippen LogP contribution in [-0.2, 0) is 16.1 Å². The average molecular weight is 483 g/mol. The number of hydrogen-bond donors (Lipinski definition) is 1. The number of hydrogen-bond acceptors (Lipinski definition) is 5. The fourth-order valence-corrected chi connectivity index (χ4v) is 6.28. The summed E-state index contributed by atoms with van der Waals surface area (Å²) in [7, 11) is 1.68. The lowest BCUT2D eigenvalue weighted by Gasteiger charge is -2.34. The van der Waals surface area contributed by atoms with Gasteiger partial charge in [0, 0.05) is 57.8 Å². The van der Waals surface area contributed by atoms with E-state index in [0.717, 1.165) is 69.8 Å². The number of rotatable bonds is 8. The molecule has 2 aliphatic heterocycles. The zero-order valence-electron chi connectivity index (χ0n) is 21.3. The third-order valence-electron chi connectivity index (χ3n) is 8.45. The lowest BCUT2D eigenvalue weighted by molar-refractivity contribution is -0.137. The average Bonchev–Trinajstić information content (AvgIpc) is 3.68. The van der Waals surface area contributed by atoms with E-state index >= 15 is 0 Å². The van der Waals surface area contributed by atoms with Crippen LogP contribution < -0.4 is 10.1 Å². The van der Waals surface area contributed by atoms with Crippen molar-refractivity contribution in [1.82, 2.24) is 20.0 Å². The summed E-state index contributed by atoms with van der Waals surface area (Å²) >= 11 is 0. The lowest BCUT2D eigenvalue weighted by atomic mass is 9.89. The van der Waals surface area contributed by atoms with Crippen LogP contribution in [0.25, 0.3) is 0 Å². The maximum Gasteiger partial charge on any atom is 0.240 e. The molecular weight excluding hydrogens is 440 g/mol. The van der Waals surface area contributed by atoms with E-state index in [9.17, 15) is 9.59 Å². The van der Waals surface area contributed by atoms with Crippen LogP contribution in [0.1, 0.15) is 56.9 Å². The van der Waals surface area contributed by atoms with Gasteiger partial charge >= 0.3 is 0 Å². The number of benzene rings is 1. The molecular formula is C28H42N4O3. The highest BCUT2D eigenvalue weighted by Gasteiger charge is 2.45. The molecule has 2 heterocycles. The third-order valence-corrected chi connectivity index (χ3v) is 8.45. The van der Waals surface area contributed by atoms with E-state index in [4.69, 9.17) is 4.74 Å². The van der Waals surface area contributed by atoms with Crippen molar-refractivity contribution in [2.24, 2.45) is 11.8 Å². The van der Waals surface area contributed by atoms with Crippen molar-refractivity contribution in [2.75, 3.05) is 46.4 Å². The van der Waals surface area contributed by atoms with Gasteiger partial charge in [-0.05, 0) is 55.7 Å². The van der Waals surface area contributed by atoms with E-state index < -0.39 is 0 Å². The summed E-state index contributed by atoms with van der Waals surface area (Å²) in [5.41, 5.74) is 1.09. The number of nitrogens with one attached hydrogen (secondary N) is 1. The van der Waals surface area contributed by atoms with Crippen LogP contribution in [0, 0.1) is 11.8 Å². The van der Waals surface area contributed by atoms with Crippen LogP contribution in [0.15, 0.2) is 24.3 Å². The Morgan fingerprint density at radius 1 is 1.09 bits per heavy atom. The molecule has 4 fully saturated rings. The van der Waals surface area contributed by atoms with Crippen LogP contribution in [-0.4, -0.2) is 85.0 Å². The molecule has 2 unspecified atom stereocenters. The van der Waals surface area contributed by atoms with Crippen molar-refractivity contribution in [3.05, 3.63) is 29.8 Å². The molecule has 5 rings (SSSR count). The van der Waals surface area contributed by atoms with Crippen molar-refractivity contribution < 1.29 is 14.3 Å². The second kappa shape index (κ2) is 11.3. The SMILES string of the molecule is COc1cccc(CN(C(=O)C2CC2)C2CC(C(=O)N3CCNCC3)N(CC3CCCCC3)C2)c1. The second-order valence-electron chi connectivity index (χ2n) is 11.0. The van der Waals surface area contributed by atoms with Gasteiger partial charge in [-0.2, -0.15) is 0 Å². The summed E-state index contributed by atoms with van der Waals surface area (Å²) in [5, 5.41) is 3.36. The molecule has 35 heavy (non-hydrogen) atoms. The quantitative estimate of drug-likeness (QED) is 0.617. The number of carbonyl (C=O) groups is 2. The Balaban J connectivity index is 1.36. The molecule has 1 aromatic carbocycles. The number of likely N-dealkylation sites (tertiary alicyclic amines) is 1. The van der Waals surface area contributed by atoms with Crippen molar-refractivity contribution in [3.63, 3.8) is 0 Å². The smallest absolute Gasteiger partial charge is 0.240 e. The van der Waals surface area contributed by atoms with E-state index in [-0.39, 0.29) is 29.8 Å². The van der Waals surface area contributed by atoms with Crippen molar-refractivity contribution in [2.45, 2.75) is 70.0 Å². The monoisotopic (exact) mass is 482 g/mol. The van der Waals surface area contributed by atoms with Gasteiger partial charge in [-0.1, -0.05) is 31.4 Å². The van der Waals surface area contributed by atoms with Crippen LogP contribution in [0.3, 0.4) is 0 Å². The molecule has 2 saturated carbocycles. The molecule has 7 nitrogen and oxygen atoms in total. The van der Waals surface area contributed by atoms with Crippen LogP contribution in [0.4, 0.5) is 0 Å². The Hall–Kier alpha value is -2.12. The summed E-state index contributed by atoms with van der Waals surface area (Å²) in [6, 6.07) is 8.02. The minimum Gasteiger partial charge on any atom is -0.497 e. The number of carbonyl (C=O) groups excluding carboxylic acids is 2. The number of amides is 2. The molecule has 2 saturated heterocycles. The fourth-order valence-electron chi connectivity index (χ4n) is 6.28. The first-order valence-corrected chi connectivity index (χ1v) is 13.8. The van der Waals surface area contributed by atoms with Crippen molar-refractivity contribution >= 4 is 11.8 Å². The first kappa shape index (κ1) is 24.6. The molecule has 1 aromatic rings. The highest BCUT2D eigenvalue weighted by Crippen LogP contribution is 2.36. The van der Waals surface area contributed by atoms with Gasteiger partial charge in [0.2, 0.25) is 11.8 Å². The molecule has 7 heteroatoms. The number of nitrogens with zero attached hydrogens (tertiary/aromatic N) is 3. The maximum absolute atomic E-state index is 13.7. The van der Waals surface area contributed by atoms with Crippen LogP contribution >= 0.6 is 0 Å². The molecule has 0 radical (unpaired) electrons. The molecule has 2 amide bonds. The Morgan fingerprint density at radius 2 is 1.86 bits per heavy atom. The standard InChI is InChI=1S/C28H42N4O3/c1-35-25-9-5-8-22(16-25)19-32(27(33)23-10-11-23)24-17-26(28(34)30-14-12-29-13-15-30)31(20-24)18-21-6-3-2-4-7-21/h5,8-9,16,21,23-24,26,29H,2-4,6-7,10-15,17-20H2,1H3. The first-order valence-electron chi connectivity index (χ1n) is 13.8. The Morgan fingerprint density at radius 3 is 2.57 bits per heavy atom. The Kier molecular flexibility index (Phi) is 7.93. The molecule has 1 N–H and O–H groups in total. The largest absolute Gasteiger partial charge is 0.497 e. The van der Waals surface area contributed by atoms with Crippen molar-refractivity contribution in [1.29, 1.82) is 0 Å². The Labute approximate surface area is 210 Å². The molecule has 4 aliphatic rings. The van der Waals surface area contributed by atoms with E-state index in [2.05, 4.69) is 21.2 Å². The minimum absolute atomic E-state index is 0.0785. The van der Waals surface area contributed by atoms with Crippen LogP contribution in [0.5, 0.6) is 5.75 Å². The van der Waals surface area contributed by atoms with Gasteiger partial charge in [0.25, 0.3) is 0 Å². The molecule has 2 aliphatic carbocycles. The number of ether oxygens (including phenoxy) is 1. The molecule has 0 aromatic heterocycles. The van der Waals surface area contributed by atoms with Crippen molar-refractivity contribution in [3.8, 4) is 5.75 Å². The summed E-state index contributed by atoms with van der Waals surface area (Å²) in [5.74, 6) is 2.19. The molecule has 192 valence electrons. The van der Waals surface area contributed by atoms with Gasteiger partial charge < -0.3 is 19.9 Å². The van der Waals surface area contributed by atoms with E-state index in [1.165, 1.54) is 32.1 Å². The lowest BCUT2D eigenvalue weighted by Crippen LogP contribution is -2.53. The van der Waals surface area contributed by atoms with E-state index in [0.29, 0.717) is 12.5 Å². The highest BCUT2D eigenvalue weighted by atomic mass is 16.5. The van der Waals surface area contributed by atoms with Gasteiger partial charge in [0.1, 0.15) is 5.75 Å². The normalized spacial score (nSPS) is 26.0. The fraction of sp³-hybridized carbons (Fsp3) is 0.714. The molecule has 0 bridgehead atoms. The Bertz CT molecular complexity index is 877. The number of methoxy groups -OCH3 is 1. The summed E-state index contributed by atoms with van der Waals surface area (Å²) in [6.45, 7) is 5.69. The molecule has 2 atom stereocenters. The van der Waals surface area contributed by atoms with Gasteiger partial charge in [0.05, 0.1) is 13.2 Å². The van der Waals surface area contributed by atoms with E-state index in [1.807, 2.05) is 23.1 Å². The third kappa shape index (κ3) is 6.00. The number of piperazine rings is 1. The summed E-state index contributed by atoms with van der Waals surface area (Å²) in [4.78, 5) is 33.8. The zero-order valence-corrected chi connectivity index (χ0v) is 21.3. The van der Waals surface area contributed by atoms with Crippen LogP contribution in [0.2, 0.25) is 0 Å². The first-order chi connectivity index (χ1) is 17.1. The molecule has 0 spiro atoms. The second-order valence-corrected chi connectivity index (χ2v) is 11.0. The zero-order chi connectivity index (χ0) is 24.2. The maximum atomic E-state index is 13.7. The van der Waals surface area contributed by atoms with Gasteiger partial charge in [-0.3, -0.25) is 14.5 Å². The van der Waals surface area contributed by atoms with Gasteiger partial charge in [-0.15, -0.1) is 0 Å². The summed E-state index contributed by atoms with van der Waals surface area (Å²) in [6.07, 6.45) is 9.23. The minimum atomic E-state index is -0.111. The van der Waals surface area contributed by atoms with E-state index in [1.54, 1.807) is 7.11 Å². The van der Waals surface area contributed by atoms with Gasteiger partial charge in [0.15, 0.2) is 0 Å². The highest BCUT2D eigenvalue weighted by molar-refractivity contribution is 5.84. The summed E-state index contributed by atoms with van der Waals surface area (Å²) < 4.78 is 5.43. The predicted molar refractivity (Wildman–Crippen MR) is 136 cm³/mol. The topological polar surface area (TPSA) is 65.1 Å². The van der Waals surface area contributed by atoms with Gasteiger partial charge in [-0.25, -0.2) is 0 Å².